The van der Waals surface area contributed by atoms with Crippen LogP contribution in [0.4, 0.5) is 0 Å². The largest absolute Gasteiger partial charge is 0.496 e. The molecule has 2 amide bonds. The molecule has 0 bridgehead atoms. The summed E-state index contributed by atoms with van der Waals surface area (Å²) >= 11 is 7.86. The van der Waals surface area contributed by atoms with E-state index in [1.807, 2.05) is 55.1 Å². The zero-order valence-corrected chi connectivity index (χ0v) is 21.2. The molecule has 0 saturated carbocycles. The van der Waals surface area contributed by atoms with Crippen LogP contribution < -0.4 is 4.74 Å². The van der Waals surface area contributed by atoms with Crippen LogP contribution >= 0.6 is 22.9 Å². The molecule has 34 heavy (non-hydrogen) atoms. The molecule has 0 N–H and O–H groups in total. The van der Waals surface area contributed by atoms with Crippen LogP contribution in [0.15, 0.2) is 60.0 Å². The summed E-state index contributed by atoms with van der Waals surface area (Å²) in [5.41, 5.74) is 2.63. The Morgan fingerprint density at radius 2 is 1.88 bits per heavy atom. The van der Waals surface area contributed by atoms with E-state index in [1.165, 1.54) is 4.88 Å². The Labute approximate surface area is 209 Å². The summed E-state index contributed by atoms with van der Waals surface area (Å²) in [5.74, 6) is 0.452. The van der Waals surface area contributed by atoms with Crippen LogP contribution in [0.25, 0.3) is 0 Å². The van der Waals surface area contributed by atoms with Crippen LogP contribution in [0.1, 0.15) is 46.3 Å². The first kappa shape index (κ1) is 24.3. The van der Waals surface area contributed by atoms with Crippen molar-refractivity contribution >= 4 is 34.8 Å². The lowest BCUT2D eigenvalue weighted by atomic mass is 9.93. The van der Waals surface area contributed by atoms with Gasteiger partial charge in [0.2, 0.25) is 5.91 Å². The van der Waals surface area contributed by atoms with E-state index in [9.17, 15) is 9.59 Å². The number of benzene rings is 2. The normalized spacial score (nSPS) is 15.2. The van der Waals surface area contributed by atoms with Gasteiger partial charge in [-0.25, -0.2) is 0 Å². The van der Waals surface area contributed by atoms with Crippen molar-refractivity contribution in [1.82, 2.24) is 9.80 Å². The van der Waals surface area contributed by atoms with Crippen molar-refractivity contribution in [3.8, 4) is 5.75 Å². The summed E-state index contributed by atoms with van der Waals surface area (Å²) < 4.78 is 5.41. The average molecular weight is 497 g/mol. The first-order valence-corrected chi connectivity index (χ1v) is 12.7. The molecular formula is C27H29ClN2O3S. The molecule has 1 atom stereocenters. The SMILES string of the molecule is COc1ccccc1C(=O)N(CC(=O)N1CCc2sccc2[C@@H]1c1ccc(Cl)cc1)CC(C)C. The van der Waals surface area contributed by atoms with Crippen LogP contribution in [-0.4, -0.2) is 48.4 Å². The van der Waals surface area contributed by atoms with E-state index in [4.69, 9.17) is 16.3 Å². The third-order valence-electron chi connectivity index (χ3n) is 6.01. The number of fused-ring (bicyclic) bond motifs is 1. The van der Waals surface area contributed by atoms with Crippen molar-refractivity contribution in [2.24, 2.45) is 5.92 Å². The Kier molecular flexibility index (Phi) is 7.59. The highest BCUT2D eigenvalue weighted by Crippen LogP contribution is 2.38. The highest BCUT2D eigenvalue weighted by atomic mass is 35.5. The second kappa shape index (κ2) is 10.6. The molecule has 0 saturated heterocycles. The summed E-state index contributed by atoms with van der Waals surface area (Å²) in [6.45, 7) is 5.19. The lowest BCUT2D eigenvalue weighted by molar-refractivity contribution is -0.134. The van der Waals surface area contributed by atoms with E-state index >= 15 is 0 Å². The first-order chi connectivity index (χ1) is 16.4. The number of halogens is 1. The highest BCUT2D eigenvalue weighted by Gasteiger charge is 2.34. The summed E-state index contributed by atoms with van der Waals surface area (Å²) in [7, 11) is 1.55. The monoisotopic (exact) mass is 496 g/mol. The Balaban J connectivity index is 1.63. The Hall–Kier alpha value is -2.83. The third kappa shape index (κ3) is 5.13. The maximum Gasteiger partial charge on any atom is 0.258 e. The van der Waals surface area contributed by atoms with Crippen LogP contribution in [-0.2, 0) is 11.2 Å². The van der Waals surface area contributed by atoms with E-state index in [0.717, 1.165) is 17.5 Å². The lowest BCUT2D eigenvalue weighted by Crippen LogP contribution is -2.47. The van der Waals surface area contributed by atoms with Gasteiger partial charge in [0.25, 0.3) is 5.91 Å². The molecule has 1 aromatic heterocycles. The summed E-state index contributed by atoms with van der Waals surface area (Å²) in [4.78, 5) is 32.1. The van der Waals surface area contributed by atoms with Gasteiger partial charge in [-0.2, -0.15) is 0 Å². The number of thiophene rings is 1. The van der Waals surface area contributed by atoms with Gasteiger partial charge < -0.3 is 14.5 Å². The number of ether oxygens (including phenoxy) is 1. The predicted molar refractivity (Wildman–Crippen MR) is 137 cm³/mol. The number of nitrogens with zero attached hydrogens (tertiary/aromatic N) is 2. The molecule has 4 rings (SSSR count). The number of carbonyl (C=O) groups excluding carboxylic acids is 2. The smallest absolute Gasteiger partial charge is 0.258 e. The third-order valence-corrected chi connectivity index (χ3v) is 7.26. The van der Waals surface area contributed by atoms with Crippen molar-refractivity contribution in [2.45, 2.75) is 26.3 Å². The highest BCUT2D eigenvalue weighted by molar-refractivity contribution is 7.10. The fraction of sp³-hybridized carbons (Fsp3) is 0.333. The van der Waals surface area contributed by atoms with Crippen molar-refractivity contribution in [2.75, 3.05) is 26.7 Å². The van der Waals surface area contributed by atoms with Gasteiger partial charge in [-0.3, -0.25) is 9.59 Å². The van der Waals surface area contributed by atoms with Gasteiger partial charge in [-0.1, -0.05) is 49.7 Å². The standard InChI is InChI=1S/C27H29ClN2O3S/c1-18(2)16-29(27(32)21-6-4-5-7-23(21)33-3)17-25(31)30-14-12-24-22(13-15-34-24)26(30)19-8-10-20(28)11-9-19/h4-11,13,15,18,26H,12,14,16-17H2,1-3H3/t26-/m0/s1. The minimum atomic E-state index is -0.198. The minimum absolute atomic E-state index is 0.0125. The molecule has 0 unspecified atom stereocenters. The van der Waals surface area contributed by atoms with E-state index in [2.05, 4.69) is 11.4 Å². The number of rotatable bonds is 7. The fourth-order valence-electron chi connectivity index (χ4n) is 4.50. The average Bonchev–Trinajstić information content (AvgIpc) is 3.32. The molecule has 0 spiro atoms. The first-order valence-electron chi connectivity index (χ1n) is 11.4. The van der Waals surface area contributed by atoms with Crippen LogP contribution in [0.2, 0.25) is 5.02 Å². The van der Waals surface area contributed by atoms with Crippen molar-refractivity contribution in [1.29, 1.82) is 0 Å². The molecule has 0 aliphatic carbocycles. The van der Waals surface area contributed by atoms with Gasteiger partial charge in [0.15, 0.2) is 0 Å². The van der Waals surface area contributed by atoms with Crippen molar-refractivity contribution < 1.29 is 14.3 Å². The van der Waals surface area contributed by atoms with Crippen LogP contribution in [0, 0.1) is 5.92 Å². The number of methoxy groups -OCH3 is 1. The van der Waals surface area contributed by atoms with Crippen molar-refractivity contribution in [3.63, 3.8) is 0 Å². The van der Waals surface area contributed by atoms with E-state index in [-0.39, 0.29) is 30.3 Å². The number of para-hydroxylation sites is 1. The molecule has 0 fully saturated rings. The van der Waals surface area contributed by atoms with Gasteiger partial charge in [0.05, 0.1) is 18.7 Å². The molecule has 0 radical (unpaired) electrons. The zero-order chi connectivity index (χ0) is 24.2. The van der Waals surface area contributed by atoms with Gasteiger partial charge in [-0.05, 0) is 59.2 Å². The predicted octanol–water partition coefficient (Wildman–Crippen LogP) is 5.68. The molecule has 5 nitrogen and oxygen atoms in total. The lowest BCUT2D eigenvalue weighted by Gasteiger charge is -2.38. The fourth-order valence-corrected chi connectivity index (χ4v) is 5.53. The van der Waals surface area contributed by atoms with Gasteiger partial charge >= 0.3 is 0 Å². The molecule has 178 valence electrons. The zero-order valence-electron chi connectivity index (χ0n) is 19.7. The summed E-state index contributed by atoms with van der Waals surface area (Å²) in [5, 5.41) is 2.74. The van der Waals surface area contributed by atoms with Crippen LogP contribution in [0.5, 0.6) is 5.75 Å². The number of amides is 2. The molecular weight excluding hydrogens is 468 g/mol. The maximum absolute atomic E-state index is 13.7. The van der Waals surface area contributed by atoms with E-state index in [0.29, 0.717) is 29.4 Å². The Morgan fingerprint density at radius 3 is 2.59 bits per heavy atom. The topological polar surface area (TPSA) is 49.9 Å². The Bertz CT molecular complexity index is 1160. The van der Waals surface area contributed by atoms with Crippen molar-refractivity contribution in [3.05, 3.63) is 86.6 Å². The molecule has 2 heterocycles. The van der Waals surface area contributed by atoms with E-state index < -0.39 is 0 Å². The second-order valence-electron chi connectivity index (χ2n) is 8.87. The number of carbonyl (C=O) groups is 2. The minimum Gasteiger partial charge on any atom is -0.496 e. The number of hydrogen-bond donors (Lipinski definition) is 0. The second-order valence-corrected chi connectivity index (χ2v) is 10.3. The van der Waals surface area contributed by atoms with Gasteiger partial charge in [0.1, 0.15) is 12.3 Å². The summed E-state index contributed by atoms with van der Waals surface area (Å²) in [6, 6.07) is 16.7. The Morgan fingerprint density at radius 1 is 1.15 bits per heavy atom. The molecule has 1 aliphatic rings. The number of hydrogen-bond acceptors (Lipinski definition) is 4. The molecule has 7 heteroatoms. The summed E-state index contributed by atoms with van der Waals surface area (Å²) in [6.07, 6.45) is 0.813. The van der Waals surface area contributed by atoms with Gasteiger partial charge in [0, 0.05) is 23.0 Å². The van der Waals surface area contributed by atoms with Crippen LogP contribution in [0.3, 0.4) is 0 Å². The molecule has 2 aromatic carbocycles. The molecule has 3 aromatic rings. The quantitative estimate of drug-likeness (QED) is 0.422. The molecule has 1 aliphatic heterocycles. The van der Waals surface area contributed by atoms with Gasteiger partial charge in [-0.15, -0.1) is 11.3 Å². The van der Waals surface area contributed by atoms with E-state index in [1.54, 1.807) is 35.5 Å². The maximum atomic E-state index is 13.7.